The van der Waals surface area contributed by atoms with Gasteiger partial charge in [-0.05, 0) is 12.3 Å². The Labute approximate surface area is 116 Å². The highest BCUT2D eigenvalue weighted by Crippen LogP contribution is 2.19. The normalized spacial score (nSPS) is 12.0. The molecular weight excluding hydrogens is 286 g/mol. The Hall–Kier alpha value is -1.61. The number of aromatic amines is 1. The topological polar surface area (TPSA) is 121 Å². The number of nitrogens with one attached hydrogen (secondary N) is 2. The molecule has 0 fully saturated rings. The molecule has 0 atom stereocenters. The Morgan fingerprint density at radius 1 is 1.35 bits per heavy atom. The maximum atomic E-state index is 11.6. The average Bonchev–Trinajstić information content (AvgIpc) is 2.24. The van der Waals surface area contributed by atoms with Gasteiger partial charge in [0.25, 0.3) is 5.56 Å². The molecule has 0 aromatic carbocycles. The van der Waals surface area contributed by atoms with E-state index < -0.39 is 21.3 Å². The molecule has 1 rings (SSSR count). The number of aromatic hydroxyl groups is 1. The van der Waals surface area contributed by atoms with Gasteiger partial charge < -0.3 is 5.11 Å². The molecule has 0 aliphatic rings. The third kappa shape index (κ3) is 4.20. The average molecular weight is 305 g/mol. The molecular formula is C11H19N3O5S. The summed E-state index contributed by atoms with van der Waals surface area (Å²) in [6.07, 6.45) is 1.34. The van der Waals surface area contributed by atoms with Gasteiger partial charge >= 0.3 is 5.69 Å². The fraction of sp³-hybridized carbons (Fsp3) is 0.636. The summed E-state index contributed by atoms with van der Waals surface area (Å²) in [5, 5.41) is 9.98. The molecule has 0 aliphatic heterocycles. The first kappa shape index (κ1) is 16.4. The molecule has 3 N–H and O–H groups in total. The first-order valence-corrected chi connectivity index (χ1v) is 8.03. The molecule has 0 radical (unpaired) electrons. The molecule has 20 heavy (non-hydrogen) atoms. The van der Waals surface area contributed by atoms with Crippen LogP contribution in [0.2, 0.25) is 0 Å². The van der Waals surface area contributed by atoms with Crippen molar-refractivity contribution in [3.63, 3.8) is 0 Å². The minimum absolute atomic E-state index is 0.101. The first-order chi connectivity index (χ1) is 9.13. The van der Waals surface area contributed by atoms with E-state index in [4.69, 9.17) is 0 Å². The highest BCUT2D eigenvalue weighted by Gasteiger charge is 2.16. The van der Waals surface area contributed by atoms with E-state index in [1.165, 1.54) is 0 Å². The minimum Gasteiger partial charge on any atom is -0.494 e. The molecule has 1 aromatic rings. The van der Waals surface area contributed by atoms with Gasteiger partial charge in [0.05, 0.1) is 11.8 Å². The first-order valence-electron chi connectivity index (χ1n) is 6.14. The van der Waals surface area contributed by atoms with Gasteiger partial charge in [0.15, 0.2) is 0 Å². The minimum atomic E-state index is -3.28. The number of hydrogen-bond acceptors (Lipinski definition) is 5. The Morgan fingerprint density at radius 3 is 2.45 bits per heavy atom. The zero-order valence-electron chi connectivity index (χ0n) is 11.6. The number of aromatic nitrogens is 2. The summed E-state index contributed by atoms with van der Waals surface area (Å²) in [5.74, 6) is -0.604. The molecule has 0 bridgehead atoms. The molecule has 1 heterocycles. The van der Waals surface area contributed by atoms with Crippen LogP contribution in [-0.2, 0) is 16.6 Å². The van der Waals surface area contributed by atoms with Crippen molar-refractivity contribution in [3.05, 3.63) is 26.4 Å². The summed E-state index contributed by atoms with van der Waals surface area (Å²) >= 11 is 0. The van der Waals surface area contributed by atoms with E-state index in [1.807, 2.05) is 0 Å². The quantitative estimate of drug-likeness (QED) is 0.600. The van der Waals surface area contributed by atoms with Gasteiger partial charge in [0, 0.05) is 13.1 Å². The van der Waals surface area contributed by atoms with Crippen molar-refractivity contribution >= 4 is 10.0 Å². The molecule has 0 spiro atoms. The monoisotopic (exact) mass is 305 g/mol. The number of hydrogen-bond donors (Lipinski definition) is 3. The lowest BCUT2D eigenvalue weighted by molar-refractivity contribution is 0.386. The van der Waals surface area contributed by atoms with Gasteiger partial charge in [-0.1, -0.05) is 13.8 Å². The van der Waals surface area contributed by atoms with Crippen LogP contribution in [0, 0.1) is 0 Å². The fourth-order valence-corrected chi connectivity index (χ4v) is 2.31. The second-order valence-electron chi connectivity index (χ2n) is 4.82. The Morgan fingerprint density at radius 2 is 1.95 bits per heavy atom. The predicted molar refractivity (Wildman–Crippen MR) is 74.5 cm³/mol. The van der Waals surface area contributed by atoms with Crippen LogP contribution in [0.25, 0.3) is 0 Å². The van der Waals surface area contributed by atoms with Crippen molar-refractivity contribution in [3.8, 4) is 5.88 Å². The van der Waals surface area contributed by atoms with E-state index in [0.29, 0.717) is 6.42 Å². The number of rotatable bonds is 6. The summed E-state index contributed by atoms with van der Waals surface area (Å²) in [4.78, 5) is 25.4. The number of H-pyrrole nitrogens is 1. The van der Waals surface area contributed by atoms with Gasteiger partial charge in [0.1, 0.15) is 0 Å². The summed E-state index contributed by atoms with van der Waals surface area (Å²) in [6.45, 7) is 3.69. The number of sulfonamides is 1. The Kier molecular flexibility index (Phi) is 5.12. The highest BCUT2D eigenvalue weighted by molar-refractivity contribution is 7.88. The van der Waals surface area contributed by atoms with Crippen molar-refractivity contribution < 1.29 is 13.5 Å². The summed E-state index contributed by atoms with van der Waals surface area (Å²) in [6, 6.07) is 0. The zero-order chi connectivity index (χ0) is 15.5. The van der Waals surface area contributed by atoms with Crippen LogP contribution in [0.3, 0.4) is 0 Å². The van der Waals surface area contributed by atoms with E-state index >= 15 is 0 Å². The molecule has 1 aromatic heterocycles. The fourth-order valence-electron chi connectivity index (χ4n) is 1.80. The summed E-state index contributed by atoms with van der Waals surface area (Å²) in [7, 11) is -3.28. The molecule has 9 heteroatoms. The van der Waals surface area contributed by atoms with Crippen LogP contribution in [0.15, 0.2) is 9.59 Å². The lowest BCUT2D eigenvalue weighted by Gasteiger charge is -2.13. The molecule has 0 saturated heterocycles. The Bertz CT molecular complexity index is 687. The van der Waals surface area contributed by atoms with Crippen LogP contribution < -0.4 is 16.0 Å². The number of nitrogens with zero attached hydrogens (tertiary/aromatic N) is 1. The third-order valence-electron chi connectivity index (χ3n) is 2.71. The van der Waals surface area contributed by atoms with E-state index in [0.717, 1.165) is 10.8 Å². The second-order valence-corrected chi connectivity index (χ2v) is 6.66. The van der Waals surface area contributed by atoms with Crippen LogP contribution in [0.5, 0.6) is 5.88 Å². The van der Waals surface area contributed by atoms with Crippen molar-refractivity contribution in [2.24, 2.45) is 0 Å². The van der Waals surface area contributed by atoms with E-state index in [-0.39, 0.29) is 30.5 Å². The van der Waals surface area contributed by atoms with Gasteiger partial charge in [-0.3, -0.25) is 14.3 Å². The van der Waals surface area contributed by atoms with Gasteiger partial charge in [-0.25, -0.2) is 17.9 Å². The second kappa shape index (κ2) is 6.23. The Balaban J connectivity index is 2.94. The summed E-state index contributed by atoms with van der Waals surface area (Å²) < 4.78 is 25.1. The van der Waals surface area contributed by atoms with E-state index in [2.05, 4.69) is 9.71 Å². The standard InChI is InChI=1S/C11H19N3O5S/c1-7(2)8-9(15)13-11(17)14(10(8)16)6-4-5-12-20(3,18)19/h7,12,16H,4-6H2,1-3H3,(H,13,15,17). The smallest absolute Gasteiger partial charge is 0.331 e. The molecule has 0 saturated carbocycles. The summed E-state index contributed by atoms with van der Waals surface area (Å²) in [5.41, 5.74) is -1.18. The molecule has 114 valence electrons. The van der Waals surface area contributed by atoms with Crippen molar-refractivity contribution in [1.82, 2.24) is 14.3 Å². The zero-order valence-corrected chi connectivity index (χ0v) is 12.5. The maximum Gasteiger partial charge on any atom is 0.331 e. The van der Waals surface area contributed by atoms with Crippen molar-refractivity contribution in [1.29, 1.82) is 0 Å². The highest BCUT2D eigenvalue weighted by atomic mass is 32.2. The largest absolute Gasteiger partial charge is 0.494 e. The molecule has 8 nitrogen and oxygen atoms in total. The van der Waals surface area contributed by atoms with Crippen molar-refractivity contribution in [2.75, 3.05) is 12.8 Å². The van der Waals surface area contributed by atoms with Gasteiger partial charge in [-0.2, -0.15) is 0 Å². The van der Waals surface area contributed by atoms with Crippen LogP contribution >= 0.6 is 0 Å². The van der Waals surface area contributed by atoms with E-state index in [1.54, 1.807) is 13.8 Å². The predicted octanol–water partition coefficient (Wildman–Crippen LogP) is -0.695. The SMILES string of the molecule is CC(C)c1c(O)n(CCCNS(C)(=O)=O)c(=O)[nH]c1=O. The lowest BCUT2D eigenvalue weighted by atomic mass is 10.1. The maximum absolute atomic E-state index is 11.6. The van der Waals surface area contributed by atoms with E-state index in [9.17, 15) is 23.1 Å². The van der Waals surface area contributed by atoms with Gasteiger partial charge in [-0.15, -0.1) is 0 Å². The third-order valence-corrected chi connectivity index (χ3v) is 3.44. The van der Waals surface area contributed by atoms with Crippen LogP contribution in [0.4, 0.5) is 0 Å². The van der Waals surface area contributed by atoms with Crippen LogP contribution in [0.1, 0.15) is 31.7 Å². The van der Waals surface area contributed by atoms with Crippen LogP contribution in [-0.4, -0.2) is 35.9 Å². The molecule has 0 aliphatic carbocycles. The molecule has 0 unspecified atom stereocenters. The van der Waals surface area contributed by atoms with Crippen molar-refractivity contribution in [2.45, 2.75) is 32.7 Å². The van der Waals surface area contributed by atoms with Gasteiger partial charge in [0.2, 0.25) is 15.9 Å². The molecule has 0 amide bonds. The lowest BCUT2D eigenvalue weighted by Crippen LogP contribution is -2.33.